The molecule has 0 aliphatic carbocycles. The number of urea groups is 1. The molecule has 146 valence electrons. The molecule has 1 atom stereocenters. The van der Waals surface area contributed by atoms with Gasteiger partial charge in [-0.05, 0) is 55.2 Å². The van der Waals surface area contributed by atoms with Gasteiger partial charge in [0.15, 0.2) is 0 Å². The summed E-state index contributed by atoms with van der Waals surface area (Å²) >= 11 is 0. The zero-order valence-corrected chi connectivity index (χ0v) is 16.1. The van der Waals surface area contributed by atoms with Crippen molar-refractivity contribution in [2.45, 2.75) is 39.0 Å². The Balaban J connectivity index is 1.41. The van der Waals surface area contributed by atoms with Gasteiger partial charge < -0.3 is 19.8 Å². The van der Waals surface area contributed by atoms with Gasteiger partial charge in [-0.1, -0.05) is 42.5 Å². The molecule has 1 aromatic heterocycles. The van der Waals surface area contributed by atoms with E-state index in [9.17, 15) is 4.79 Å². The van der Waals surface area contributed by atoms with Crippen molar-refractivity contribution in [2.24, 2.45) is 0 Å². The SMILES string of the molecule is CC(CCc1ccccc1)NC(=O)Nc1cccc(COCc2ccco2)c1. The lowest BCUT2D eigenvalue weighted by Crippen LogP contribution is -2.36. The quantitative estimate of drug-likeness (QED) is 0.542. The second kappa shape index (κ2) is 10.3. The fourth-order valence-corrected chi connectivity index (χ4v) is 2.89. The van der Waals surface area contributed by atoms with E-state index in [1.807, 2.05) is 61.5 Å². The number of aryl methyl sites for hydroxylation is 1. The summed E-state index contributed by atoms with van der Waals surface area (Å²) in [7, 11) is 0. The fourth-order valence-electron chi connectivity index (χ4n) is 2.89. The van der Waals surface area contributed by atoms with E-state index >= 15 is 0 Å². The Morgan fingerprint density at radius 1 is 1.00 bits per heavy atom. The van der Waals surface area contributed by atoms with E-state index < -0.39 is 0 Å². The molecule has 1 heterocycles. The number of hydrogen-bond acceptors (Lipinski definition) is 3. The summed E-state index contributed by atoms with van der Waals surface area (Å²) in [5.41, 5.74) is 3.01. The van der Waals surface area contributed by atoms with Gasteiger partial charge in [-0.2, -0.15) is 0 Å². The van der Waals surface area contributed by atoms with Crippen LogP contribution in [-0.2, 0) is 24.4 Å². The Kier molecular flexibility index (Phi) is 7.27. The first-order chi connectivity index (χ1) is 13.7. The van der Waals surface area contributed by atoms with Crippen molar-refractivity contribution in [3.05, 3.63) is 89.9 Å². The molecule has 2 aromatic carbocycles. The highest BCUT2D eigenvalue weighted by atomic mass is 16.5. The monoisotopic (exact) mass is 378 g/mol. The third kappa shape index (κ3) is 6.59. The summed E-state index contributed by atoms with van der Waals surface area (Å²) in [6.45, 7) is 2.89. The predicted molar refractivity (Wildman–Crippen MR) is 110 cm³/mol. The van der Waals surface area contributed by atoms with Gasteiger partial charge in [0.1, 0.15) is 12.4 Å². The highest BCUT2D eigenvalue weighted by Gasteiger charge is 2.08. The molecule has 3 rings (SSSR count). The van der Waals surface area contributed by atoms with Gasteiger partial charge in [-0.15, -0.1) is 0 Å². The van der Waals surface area contributed by atoms with Gasteiger partial charge >= 0.3 is 6.03 Å². The molecule has 0 spiro atoms. The first-order valence-corrected chi connectivity index (χ1v) is 9.49. The molecule has 2 amide bonds. The van der Waals surface area contributed by atoms with E-state index in [1.165, 1.54) is 5.56 Å². The minimum atomic E-state index is -0.200. The van der Waals surface area contributed by atoms with Gasteiger partial charge in [0, 0.05) is 11.7 Å². The molecule has 0 aliphatic heterocycles. The summed E-state index contributed by atoms with van der Waals surface area (Å²) in [5, 5.41) is 5.88. The smallest absolute Gasteiger partial charge is 0.319 e. The number of nitrogens with one attached hydrogen (secondary N) is 2. The van der Waals surface area contributed by atoms with Gasteiger partial charge in [0.05, 0.1) is 12.9 Å². The molecule has 0 fully saturated rings. The van der Waals surface area contributed by atoms with Gasteiger partial charge in [-0.25, -0.2) is 4.79 Å². The van der Waals surface area contributed by atoms with Crippen LogP contribution in [0.15, 0.2) is 77.4 Å². The van der Waals surface area contributed by atoms with Crippen LogP contribution in [0.2, 0.25) is 0 Å². The number of anilines is 1. The van der Waals surface area contributed by atoms with E-state index in [1.54, 1.807) is 6.26 Å². The first-order valence-electron chi connectivity index (χ1n) is 9.49. The van der Waals surface area contributed by atoms with Crippen molar-refractivity contribution in [2.75, 3.05) is 5.32 Å². The van der Waals surface area contributed by atoms with Crippen LogP contribution in [0.5, 0.6) is 0 Å². The molecule has 0 saturated heterocycles. The van der Waals surface area contributed by atoms with E-state index in [0.29, 0.717) is 13.2 Å². The zero-order chi connectivity index (χ0) is 19.6. The largest absolute Gasteiger partial charge is 0.467 e. The molecule has 28 heavy (non-hydrogen) atoms. The zero-order valence-electron chi connectivity index (χ0n) is 16.1. The van der Waals surface area contributed by atoms with E-state index in [2.05, 4.69) is 22.8 Å². The Labute approximate surface area is 165 Å². The molecule has 2 N–H and O–H groups in total. The Hall–Kier alpha value is -3.05. The van der Waals surface area contributed by atoms with Crippen LogP contribution in [0, 0.1) is 0 Å². The molecular weight excluding hydrogens is 352 g/mol. The van der Waals surface area contributed by atoms with Gasteiger partial charge in [0.2, 0.25) is 0 Å². The van der Waals surface area contributed by atoms with Crippen LogP contribution in [-0.4, -0.2) is 12.1 Å². The third-order valence-electron chi connectivity index (χ3n) is 4.36. The molecule has 5 nitrogen and oxygen atoms in total. The van der Waals surface area contributed by atoms with Crippen LogP contribution in [0.4, 0.5) is 10.5 Å². The van der Waals surface area contributed by atoms with Crippen LogP contribution < -0.4 is 10.6 Å². The normalized spacial score (nSPS) is 11.8. The molecule has 3 aromatic rings. The molecule has 0 saturated carbocycles. The number of hydrogen-bond donors (Lipinski definition) is 2. The molecule has 5 heteroatoms. The van der Waals surface area contributed by atoms with Crippen molar-refractivity contribution >= 4 is 11.7 Å². The Bertz CT molecular complexity index is 847. The van der Waals surface area contributed by atoms with Crippen molar-refractivity contribution in [3.63, 3.8) is 0 Å². The number of carbonyl (C=O) groups is 1. The summed E-state index contributed by atoms with van der Waals surface area (Å²) in [4.78, 5) is 12.2. The highest BCUT2D eigenvalue weighted by Crippen LogP contribution is 2.13. The van der Waals surface area contributed by atoms with Crippen LogP contribution in [0.25, 0.3) is 0 Å². The number of furan rings is 1. The summed E-state index contributed by atoms with van der Waals surface area (Å²) in [5.74, 6) is 0.790. The Morgan fingerprint density at radius 2 is 1.82 bits per heavy atom. The second-order valence-electron chi connectivity index (χ2n) is 6.80. The van der Waals surface area contributed by atoms with Gasteiger partial charge in [-0.3, -0.25) is 0 Å². The van der Waals surface area contributed by atoms with Crippen molar-refractivity contribution in [3.8, 4) is 0 Å². The number of benzene rings is 2. The molecule has 0 bridgehead atoms. The molecule has 0 aliphatic rings. The average Bonchev–Trinajstić information content (AvgIpc) is 3.21. The summed E-state index contributed by atoms with van der Waals surface area (Å²) in [6.07, 6.45) is 3.45. The minimum absolute atomic E-state index is 0.0834. The van der Waals surface area contributed by atoms with Crippen LogP contribution >= 0.6 is 0 Å². The van der Waals surface area contributed by atoms with Crippen LogP contribution in [0.1, 0.15) is 30.2 Å². The number of amides is 2. The molecular formula is C23H26N2O3. The van der Waals surface area contributed by atoms with Crippen LogP contribution in [0.3, 0.4) is 0 Å². The topological polar surface area (TPSA) is 63.5 Å². The number of rotatable bonds is 9. The van der Waals surface area contributed by atoms with Gasteiger partial charge in [0.25, 0.3) is 0 Å². The van der Waals surface area contributed by atoms with Crippen molar-refractivity contribution < 1.29 is 13.9 Å². The first kappa shape index (κ1) is 19.7. The molecule has 1 unspecified atom stereocenters. The second-order valence-corrected chi connectivity index (χ2v) is 6.80. The standard InChI is InChI=1S/C23H26N2O3/c1-18(12-13-19-7-3-2-4-8-19)24-23(26)25-21-10-5-9-20(15-21)16-27-17-22-11-6-14-28-22/h2-11,14-15,18H,12-13,16-17H2,1H3,(H2,24,25,26). The molecule has 0 radical (unpaired) electrons. The summed E-state index contributed by atoms with van der Waals surface area (Å²) < 4.78 is 10.9. The van der Waals surface area contributed by atoms with Crippen molar-refractivity contribution in [1.82, 2.24) is 5.32 Å². The number of carbonyl (C=O) groups excluding carboxylic acids is 1. The lowest BCUT2D eigenvalue weighted by molar-refractivity contribution is 0.0930. The summed E-state index contributed by atoms with van der Waals surface area (Å²) in [6, 6.07) is 21.5. The van der Waals surface area contributed by atoms with E-state index in [0.717, 1.165) is 29.9 Å². The fraction of sp³-hybridized carbons (Fsp3) is 0.261. The van der Waals surface area contributed by atoms with E-state index in [-0.39, 0.29) is 12.1 Å². The Morgan fingerprint density at radius 3 is 2.61 bits per heavy atom. The third-order valence-corrected chi connectivity index (χ3v) is 4.36. The van der Waals surface area contributed by atoms with E-state index in [4.69, 9.17) is 9.15 Å². The average molecular weight is 378 g/mol. The maximum Gasteiger partial charge on any atom is 0.319 e. The number of ether oxygens (including phenoxy) is 1. The predicted octanol–water partition coefficient (Wildman–Crippen LogP) is 5.14. The lowest BCUT2D eigenvalue weighted by Gasteiger charge is -2.15. The van der Waals surface area contributed by atoms with Crippen molar-refractivity contribution in [1.29, 1.82) is 0 Å². The maximum atomic E-state index is 12.2. The lowest BCUT2D eigenvalue weighted by atomic mass is 10.1. The maximum absolute atomic E-state index is 12.2. The highest BCUT2D eigenvalue weighted by molar-refractivity contribution is 5.89. The minimum Gasteiger partial charge on any atom is -0.467 e.